The van der Waals surface area contributed by atoms with E-state index in [1.807, 2.05) is 81.6 Å². The van der Waals surface area contributed by atoms with Gasteiger partial charge >= 0.3 is 0 Å². The molecular formula is C47H64N8O11S3. The summed E-state index contributed by atoms with van der Waals surface area (Å²) in [5.74, 6) is 2.78. The monoisotopic (exact) mass is 1010 g/mol. The molecule has 0 bridgehead atoms. The second-order valence-electron chi connectivity index (χ2n) is 15.6. The molecule has 1 N–H and O–H groups in total. The first-order chi connectivity index (χ1) is 32.8. The predicted octanol–water partition coefficient (Wildman–Crippen LogP) is 4.96. The van der Waals surface area contributed by atoms with Crippen molar-refractivity contribution in [3.05, 3.63) is 144 Å². The lowest BCUT2D eigenvalue weighted by Crippen LogP contribution is -2.31. The van der Waals surface area contributed by atoms with Crippen LogP contribution >= 0.6 is 0 Å². The zero-order valence-corrected chi connectivity index (χ0v) is 43.0. The number of aromatic nitrogens is 4. The van der Waals surface area contributed by atoms with Crippen LogP contribution in [-0.4, -0.2) is 134 Å². The highest BCUT2D eigenvalue weighted by molar-refractivity contribution is 7.89. The number of benzene rings is 4. The minimum atomic E-state index is -3.98. The van der Waals surface area contributed by atoms with Crippen LogP contribution < -0.4 is 24.3 Å². The van der Waals surface area contributed by atoms with Crippen molar-refractivity contribution < 1.29 is 48.4 Å². The fourth-order valence-corrected chi connectivity index (χ4v) is 9.31. The number of likely N-dealkylation sites (N-methyl/N-ethyl adjacent to an activating group) is 1. The van der Waals surface area contributed by atoms with E-state index in [1.54, 1.807) is 93.9 Å². The van der Waals surface area contributed by atoms with Gasteiger partial charge in [-0.05, 0) is 111 Å². The van der Waals surface area contributed by atoms with Crippen molar-refractivity contribution in [1.82, 2.24) is 38.4 Å². The Labute approximate surface area is 407 Å². The zero-order valence-electron chi connectivity index (χ0n) is 40.5. The van der Waals surface area contributed by atoms with E-state index in [4.69, 9.17) is 23.1 Å². The van der Waals surface area contributed by atoms with Gasteiger partial charge in [-0.25, -0.2) is 16.8 Å². The normalized spacial score (nSPS) is 11.7. The first-order valence-corrected chi connectivity index (χ1v) is 26.2. The lowest BCUT2D eigenvalue weighted by Gasteiger charge is -2.21. The fourth-order valence-electron chi connectivity index (χ4n) is 6.25. The molecule has 0 aliphatic carbocycles. The van der Waals surface area contributed by atoms with Gasteiger partial charge in [0.25, 0.3) is 30.2 Å². The zero-order chi connectivity index (χ0) is 50.6. The van der Waals surface area contributed by atoms with Crippen molar-refractivity contribution >= 4 is 30.2 Å². The summed E-state index contributed by atoms with van der Waals surface area (Å²) in [6.45, 7) is 1.96. The van der Waals surface area contributed by atoms with Crippen LogP contribution in [-0.2, 0) is 73.6 Å². The Hall–Kier alpha value is -5.85. The summed E-state index contributed by atoms with van der Waals surface area (Å²) >= 11 is 0. The summed E-state index contributed by atoms with van der Waals surface area (Å²) in [6.07, 6.45) is 4.12. The summed E-state index contributed by atoms with van der Waals surface area (Å²) in [7, 11) is 2.61. The molecule has 2 aromatic heterocycles. The van der Waals surface area contributed by atoms with E-state index in [0.29, 0.717) is 18.0 Å². The molecule has 0 aliphatic heterocycles. The number of ether oxygens (including phenoxy) is 4. The molecule has 0 aliphatic rings. The maximum absolute atomic E-state index is 13.5. The van der Waals surface area contributed by atoms with Gasteiger partial charge in [0.05, 0.1) is 54.4 Å². The van der Waals surface area contributed by atoms with Crippen molar-refractivity contribution in [2.75, 3.05) is 76.0 Å². The number of nitrogens with one attached hydrogen (secondary N) is 1. The molecule has 0 saturated heterocycles. The highest BCUT2D eigenvalue weighted by Gasteiger charge is 2.29. The first-order valence-electron chi connectivity index (χ1n) is 21.5. The van der Waals surface area contributed by atoms with E-state index in [9.17, 15) is 25.3 Å². The number of hydrogen-bond acceptors (Lipinski definition) is 15. The minimum Gasteiger partial charge on any atom is -0.497 e. The van der Waals surface area contributed by atoms with E-state index < -0.39 is 30.2 Å². The van der Waals surface area contributed by atoms with Crippen LogP contribution in [0.3, 0.4) is 0 Å². The Kier molecular flexibility index (Phi) is 21.6. The topological polar surface area (TPSA) is 206 Å². The molecule has 376 valence electrons. The van der Waals surface area contributed by atoms with E-state index >= 15 is 0 Å². The third kappa shape index (κ3) is 17.9. The Bertz CT molecular complexity index is 2690. The molecule has 0 radical (unpaired) electrons. The van der Waals surface area contributed by atoms with Gasteiger partial charge in [0.1, 0.15) is 23.0 Å². The third-order valence-corrected chi connectivity index (χ3v) is 13.9. The van der Waals surface area contributed by atoms with Crippen LogP contribution in [0.25, 0.3) is 0 Å². The van der Waals surface area contributed by atoms with Gasteiger partial charge in [0, 0.05) is 45.1 Å². The third-order valence-electron chi connectivity index (χ3n) is 9.91. The van der Waals surface area contributed by atoms with E-state index in [2.05, 4.69) is 15.5 Å². The van der Waals surface area contributed by atoms with Gasteiger partial charge in [0.15, 0.2) is 10.1 Å². The number of methoxy groups -OCH3 is 4. The number of sulfonamides is 2. The van der Waals surface area contributed by atoms with Gasteiger partial charge in [-0.1, -0.05) is 48.5 Å². The Morgan fingerprint density at radius 3 is 1.04 bits per heavy atom. The molecule has 0 amide bonds. The van der Waals surface area contributed by atoms with Crippen LogP contribution in [0.5, 0.6) is 23.0 Å². The molecule has 69 heavy (non-hydrogen) atoms. The summed E-state index contributed by atoms with van der Waals surface area (Å²) in [5.41, 5.74) is 3.27. The minimum absolute atomic E-state index is 0.0401. The molecule has 0 saturated carbocycles. The quantitative estimate of drug-likeness (QED) is 0.0843. The summed E-state index contributed by atoms with van der Waals surface area (Å²) in [5, 5.41) is 11.1. The molecule has 0 atom stereocenters. The van der Waals surface area contributed by atoms with E-state index in [1.165, 1.54) is 25.6 Å². The van der Waals surface area contributed by atoms with Crippen LogP contribution in [0.1, 0.15) is 22.3 Å². The van der Waals surface area contributed by atoms with Gasteiger partial charge in [0.2, 0.25) is 0 Å². The number of hydrogen-bond donors (Lipinski definition) is 1. The van der Waals surface area contributed by atoms with Gasteiger partial charge in [-0.2, -0.15) is 27.2 Å². The van der Waals surface area contributed by atoms with Gasteiger partial charge in [-0.15, -0.1) is 0 Å². The molecule has 2 heterocycles. The van der Waals surface area contributed by atoms with Crippen molar-refractivity contribution in [2.45, 2.75) is 49.3 Å². The van der Waals surface area contributed by atoms with Crippen LogP contribution in [0, 0.1) is 0 Å². The van der Waals surface area contributed by atoms with E-state index in [0.717, 1.165) is 46.6 Å². The van der Waals surface area contributed by atoms with Crippen LogP contribution in [0.15, 0.2) is 132 Å². The molecule has 0 unspecified atom stereocenters. The molecule has 0 spiro atoms. The standard InChI is InChI=1S/C23H30N4O4S.C22H27N3O7S2.C2H7N/c1-25(2)15-16-26-14-13-23(24-26)32(28,29)27(17-19-5-9-21(30-3)10-6-19)18-20-7-11-22(31-4)12-8-20;1-30-20-8-4-18(5-9-20)16-25(17-19-6-10-21(31-2)11-7-19)34(28,29)22-12-13-24(23-22)14-15-32-33(3,26)27;1-3-2/h5-14H,15-18H2,1-4H3;4-13H,14-17H2,1-3H3;3H,1-2H3. The molecular weight excluding hydrogens is 949 g/mol. The molecule has 19 nitrogen and oxygen atoms in total. The van der Waals surface area contributed by atoms with Crippen molar-refractivity contribution in [3.63, 3.8) is 0 Å². The Balaban J connectivity index is 0.000000285. The summed E-state index contributed by atoms with van der Waals surface area (Å²) in [6, 6.07) is 32.0. The average Bonchev–Trinajstić information content (AvgIpc) is 4.03. The number of nitrogens with zero attached hydrogens (tertiary/aromatic N) is 7. The molecule has 6 rings (SSSR count). The van der Waals surface area contributed by atoms with E-state index in [-0.39, 0.29) is 49.4 Å². The average molecular weight is 1010 g/mol. The van der Waals surface area contributed by atoms with Gasteiger partial charge in [-0.3, -0.25) is 13.5 Å². The smallest absolute Gasteiger partial charge is 0.264 e. The predicted molar refractivity (Wildman–Crippen MR) is 264 cm³/mol. The number of rotatable bonds is 23. The Morgan fingerprint density at radius 2 is 0.783 bits per heavy atom. The molecule has 22 heteroatoms. The first kappa shape index (κ1) is 55.7. The maximum atomic E-state index is 13.5. The van der Waals surface area contributed by atoms with Crippen LogP contribution in [0.4, 0.5) is 0 Å². The molecule has 0 fully saturated rings. The lowest BCUT2D eigenvalue weighted by atomic mass is 10.2. The van der Waals surface area contributed by atoms with Crippen molar-refractivity contribution in [3.8, 4) is 23.0 Å². The maximum Gasteiger partial charge on any atom is 0.264 e. The summed E-state index contributed by atoms with van der Waals surface area (Å²) in [4.78, 5) is 2.02. The SMILES string of the molecule is CNC.COc1ccc(CN(Cc2ccc(OC)cc2)S(=O)(=O)c2ccn(CCN(C)C)n2)cc1.COc1ccc(CN(Cc2ccc(OC)cc2)S(=O)(=O)c2ccn(CCOS(C)(=O)=O)n2)cc1. The molecule has 4 aromatic carbocycles. The lowest BCUT2D eigenvalue weighted by molar-refractivity contribution is 0.296. The highest BCUT2D eigenvalue weighted by Crippen LogP contribution is 2.25. The highest BCUT2D eigenvalue weighted by atomic mass is 32.2. The second-order valence-corrected chi connectivity index (χ2v) is 21.0. The second kappa shape index (κ2) is 26.8. The van der Waals surface area contributed by atoms with Crippen LogP contribution in [0.2, 0.25) is 0 Å². The van der Waals surface area contributed by atoms with Crippen molar-refractivity contribution in [1.29, 1.82) is 0 Å². The largest absolute Gasteiger partial charge is 0.497 e. The summed E-state index contributed by atoms with van der Waals surface area (Å²) < 4.78 is 108. The van der Waals surface area contributed by atoms with Gasteiger partial charge < -0.3 is 29.2 Å². The molecule has 6 aromatic rings. The Morgan fingerprint density at radius 1 is 0.493 bits per heavy atom. The van der Waals surface area contributed by atoms with Crippen molar-refractivity contribution in [2.24, 2.45) is 0 Å². The fraction of sp³-hybridized carbons (Fsp3) is 0.362.